The van der Waals surface area contributed by atoms with Crippen LogP contribution in [0.5, 0.6) is 0 Å². The zero-order valence-electron chi connectivity index (χ0n) is 9.93. The number of hydrogen-bond acceptors (Lipinski definition) is 4. The number of ether oxygens (including phenoxy) is 3. The van der Waals surface area contributed by atoms with Crippen LogP contribution in [0, 0.1) is 5.92 Å². The van der Waals surface area contributed by atoms with Gasteiger partial charge in [0.2, 0.25) is 0 Å². The van der Waals surface area contributed by atoms with E-state index in [1.54, 1.807) is 0 Å². The normalized spacial score (nSPS) is 38.2. The van der Waals surface area contributed by atoms with Gasteiger partial charge in [-0.2, -0.15) is 0 Å². The number of hydrogen-bond donors (Lipinski definition) is 0. The Morgan fingerprint density at radius 1 is 1.44 bits per heavy atom. The molecule has 0 N–H and O–H groups in total. The third-order valence-electron chi connectivity index (χ3n) is 2.98. The quantitative estimate of drug-likeness (QED) is 0.530. The van der Waals surface area contributed by atoms with Crippen LogP contribution in [0.1, 0.15) is 27.2 Å². The molecule has 0 saturated carbocycles. The first-order valence-electron chi connectivity index (χ1n) is 5.66. The lowest BCUT2D eigenvalue weighted by Crippen LogP contribution is -2.31. The van der Waals surface area contributed by atoms with Gasteiger partial charge in [-0.3, -0.25) is 4.79 Å². The summed E-state index contributed by atoms with van der Waals surface area (Å²) < 4.78 is 16.5. The molecular formula is C12H18O4. The summed E-state index contributed by atoms with van der Waals surface area (Å²) in [6.45, 7) is 6.21. The standard InChI is InChI=1S/C12H18O4/c1-4-5-9-8(6-11(13)15-9)10-7-14-12(2,3)16-10/h4-5,8-10H,6-7H2,1-3H3/b5-4+/t8-,9-,10-/m1/s1. The maximum Gasteiger partial charge on any atom is 0.306 e. The second kappa shape index (κ2) is 4.18. The molecule has 3 atom stereocenters. The van der Waals surface area contributed by atoms with Crippen molar-refractivity contribution in [1.82, 2.24) is 0 Å². The molecule has 2 saturated heterocycles. The van der Waals surface area contributed by atoms with E-state index in [2.05, 4.69) is 0 Å². The highest BCUT2D eigenvalue weighted by molar-refractivity contribution is 5.72. The first-order chi connectivity index (χ1) is 7.52. The number of cyclic esters (lactones) is 1. The van der Waals surface area contributed by atoms with Gasteiger partial charge >= 0.3 is 5.97 Å². The maximum atomic E-state index is 11.3. The van der Waals surface area contributed by atoms with Crippen LogP contribution in [0.3, 0.4) is 0 Å². The molecule has 0 aromatic carbocycles. The summed E-state index contributed by atoms with van der Waals surface area (Å²) in [5, 5.41) is 0. The predicted molar refractivity (Wildman–Crippen MR) is 57.7 cm³/mol. The van der Waals surface area contributed by atoms with Gasteiger partial charge in [0.25, 0.3) is 0 Å². The summed E-state index contributed by atoms with van der Waals surface area (Å²) in [5.41, 5.74) is 0. The molecule has 2 aliphatic heterocycles. The second-order valence-corrected chi connectivity index (χ2v) is 4.72. The molecule has 4 nitrogen and oxygen atoms in total. The molecule has 0 amide bonds. The van der Waals surface area contributed by atoms with Crippen LogP contribution in [0.2, 0.25) is 0 Å². The van der Waals surface area contributed by atoms with Crippen molar-refractivity contribution in [1.29, 1.82) is 0 Å². The third kappa shape index (κ3) is 2.28. The molecule has 0 aromatic heterocycles. The molecule has 0 aromatic rings. The topological polar surface area (TPSA) is 44.8 Å². The molecule has 2 heterocycles. The van der Waals surface area contributed by atoms with Crippen LogP contribution in [-0.4, -0.2) is 30.6 Å². The van der Waals surface area contributed by atoms with Crippen molar-refractivity contribution >= 4 is 5.97 Å². The van der Waals surface area contributed by atoms with E-state index < -0.39 is 5.79 Å². The molecular weight excluding hydrogens is 208 g/mol. The minimum Gasteiger partial charge on any atom is -0.458 e. The van der Waals surface area contributed by atoms with Gasteiger partial charge < -0.3 is 14.2 Å². The number of esters is 1. The lowest BCUT2D eigenvalue weighted by molar-refractivity contribution is -0.145. The van der Waals surface area contributed by atoms with Crippen LogP contribution in [0.4, 0.5) is 0 Å². The Balaban J connectivity index is 2.05. The summed E-state index contributed by atoms with van der Waals surface area (Å²) in [4.78, 5) is 11.3. The Kier molecular flexibility index (Phi) is 3.04. The lowest BCUT2D eigenvalue weighted by atomic mass is 9.95. The van der Waals surface area contributed by atoms with Crippen LogP contribution in [0.25, 0.3) is 0 Å². The molecule has 0 spiro atoms. The van der Waals surface area contributed by atoms with E-state index in [0.29, 0.717) is 13.0 Å². The van der Waals surface area contributed by atoms with Crippen molar-refractivity contribution in [2.24, 2.45) is 5.92 Å². The number of carbonyl (C=O) groups is 1. The van der Waals surface area contributed by atoms with Crippen LogP contribution >= 0.6 is 0 Å². The van der Waals surface area contributed by atoms with Gasteiger partial charge in [-0.1, -0.05) is 6.08 Å². The molecule has 16 heavy (non-hydrogen) atoms. The highest BCUT2D eigenvalue weighted by Gasteiger charge is 2.45. The summed E-state index contributed by atoms with van der Waals surface area (Å²) in [7, 11) is 0. The molecule has 0 aliphatic carbocycles. The van der Waals surface area contributed by atoms with Gasteiger partial charge in [-0.15, -0.1) is 0 Å². The first-order valence-corrected chi connectivity index (χ1v) is 5.66. The van der Waals surface area contributed by atoms with E-state index in [1.807, 2.05) is 32.9 Å². The summed E-state index contributed by atoms with van der Waals surface area (Å²) in [6, 6.07) is 0. The van der Waals surface area contributed by atoms with Crippen molar-refractivity contribution in [3.05, 3.63) is 12.2 Å². The zero-order valence-corrected chi connectivity index (χ0v) is 9.93. The van der Waals surface area contributed by atoms with Crippen LogP contribution in [-0.2, 0) is 19.0 Å². The highest BCUT2D eigenvalue weighted by Crippen LogP contribution is 2.34. The molecule has 0 radical (unpaired) electrons. The minimum atomic E-state index is -0.545. The van der Waals surface area contributed by atoms with E-state index in [4.69, 9.17) is 14.2 Å². The Hall–Kier alpha value is -0.870. The summed E-state index contributed by atoms with van der Waals surface area (Å²) >= 11 is 0. The average molecular weight is 226 g/mol. The number of allylic oxidation sites excluding steroid dienone is 1. The fraction of sp³-hybridized carbons (Fsp3) is 0.750. The molecule has 0 bridgehead atoms. The SMILES string of the molecule is C/C=C/[C@H]1OC(=O)C[C@H]1[C@H]1COC(C)(C)O1. The average Bonchev–Trinajstić information content (AvgIpc) is 2.70. The van der Waals surface area contributed by atoms with Crippen molar-refractivity contribution in [3.8, 4) is 0 Å². The molecule has 0 unspecified atom stereocenters. The fourth-order valence-corrected chi connectivity index (χ4v) is 2.24. The molecule has 90 valence electrons. The highest BCUT2D eigenvalue weighted by atomic mass is 16.7. The Bertz CT molecular complexity index is 308. The molecule has 2 fully saturated rings. The van der Waals surface area contributed by atoms with Crippen LogP contribution < -0.4 is 0 Å². The molecule has 2 rings (SSSR count). The van der Waals surface area contributed by atoms with E-state index in [1.165, 1.54) is 0 Å². The molecule has 2 aliphatic rings. The maximum absolute atomic E-state index is 11.3. The van der Waals surface area contributed by atoms with Gasteiger partial charge in [0, 0.05) is 5.92 Å². The number of rotatable bonds is 2. The van der Waals surface area contributed by atoms with Gasteiger partial charge in [0.05, 0.1) is 19.1 Å². The first kappa shape index (κ1) is 11.6. The Labute approximate surface area is 95.6 Å². The Morgan fingerprint density at radius 2 is 2.19 bits per heavy atom. The molecule has 4 heteroatoms. The van der Waals surface area contributed by atoms with Gasteiger partial charge in [0.1, 0.15) is 6.10 Å². The fourth-order valence-electron chi connectivity index (χ4n) is 2.24. The van der Waals surface area contributed by atoms with Crippen LogP contribution in [0.15, 0.2) is 12.2 Å². The van der Waals surface area contributed by atoms with Crippen molar-refractivity contribution < 1.29 is 19.0 Å². The van der Waals surface area contributed by atoms with E-state index in [0.717, 1.165) is 0 Å². The van der Waals surface area contributed by atoms with Crippen molar-refractivity contribution in [2.75, 3.05) is 6.61 Å². The van der Waals surface area contributed by atoms with Crippen molar-refractivity contribution in [3.63, 3.8) is 0 Å². The predicted octanol–water partition coefficient (Wildman–Crippen LogP) is 1.65. The van der Waals surface area contributed by atoms with E-state index in [-0.39, 0.29) is 24.1 Å². The second-order valence-electron chi connectivity index (χ2n) is 4.72. The summed E-state index contributed by atoms with van der Waals surface area (Å²) in [6.07, 6.45) is 4.00. The lowest BCUT2D eigenvalue weighted by Gasteiger charge is -2.22. The third-order valence-corrected chi connectivity index (χ3v) is 2.98. The monoisotopic (exact) mass is 226 g/mol. The smallest absolute Gasteiger partial charge is 0.306 e. The largest absolute Gasteiger partial charge is 0.458 e. The van der Waals surface area contributed by atoms with E-state index >= 15 is 0 Å². The summed E-state index contributed by atoms with van der Waals surface area (Å²) in [5.74, 6) is -0.622. The van der Waals surface area contributed by atoms with Gasteiger partial charge in [-0.05, 0) is 26.8 Å². The number of carbonyl (C=O) groups excluding carboxylic acids is 1. The van der Waals surface area contributed by atoms with Gasteiger partial charge in [0.15, 0.2) is 5.79 Å². The minimum absolute atomic E-state index is 0.0531. The zero-order chi connectivity index (χ0) is 11.8. The van der Waals surface area contributed by atoms with Crippen molar-refractivity contribution in [2.45, 2.75) is 45.2 Å². The Morgan fingerprint density at radius 3 is 2.75 bits per heavy atom. The van der Waals surface area contributed by atoms with Gasteiger partial charge in [-0.25, -0.2) is 0 Å². The van der Waals surface area contributed by atoms with E-state index in [9.17, 15) is 4.79 Å².